The van der Waals surface area contributed by atoms with Gasteiger partial charge in [-0.1, -0.05) is 17.3 Å². The highest BCUT2D eigenvalue weighted by atomic mass is 32.2. The van der Waals surface area contributed by atoms with E-state index in [2.05, 4.69) is 14.9 Å². The lowest BCUT2D eigenvalue weighted by molar-refractivity contribution is 0.394. The van der Waals surface area contributed by atoms with Crippen LogP contribution in [0.3, 0.4) is 0 Å². The van der Waals surface area contributed by atoms with Gasteiger partial charge in [-0.2, -0.15) is 4.98 Å². The van der Waals surface area contributed by atoms with Crippen molar-refractivity contribution < 1.29 is 17.3 Å². The van der Waals surface area contributed by atoms with E-state index in [-0.39, 0.29) is 10.6 Å². The highest BCUT2D eigenvalue weighted by molar-refractivity contribution is 7.93. The Bertz CT molecular complexity index is 963. The molecule has 0 atom stereocenters. The summed E-state index contributed by atoms with van der Waals surface area (Å²) >= 11 is 1.22. The van der Waals surface area contributed by atoms with Crippen molar-refractivity contribution in [3.63, 3.8) is 0 Å². The molecule has 23 heavy (non-hydrogen) atoms. The number of anilines is 1. The van der Waals surface area contributed by atoms with Gasteiger partial charge in [0.05, 0.1) is 10.6 Å². The molecule has 1 N–H and O–H groups in total. The van der Waals surface area contributed by atoms with Crippen molar-refractivity contribution in [1.29, 1.82) is 0 Å². The number of hydrogen-bond donors (Lipinski definition) is 1. The molecule has 0 aliphatic carbocycles. The van der Waals surface area contributed by atoms with Gasteiger partial charge in [-0.05, 0) is 25.1 Å². The topological polar surface area (TPSA) is 85.1 Å². The lowest BCUT2D eigenvalue weighted by atomic mass is 10.3. The summed E-state index contributed by atoms with van der Waals surface area (Å²) < 4.78 is 45.8. The molecule has 0 aliphatic heterocycles. The maximum Gasteiger partial charge on any atom is 0.263 e. The van der Waals surface area contributed by atoms with Crippen LogP contribution < -0.4 is 4.72 Å². The van der Waals surface area contributed by atoms with E-state index in [9.17, 15) is 12.8 Å². The number of rotatable bonds is 4. The number of hydrogen-bond acceptors (Lipinski definition) is 6. The van der Waals surface area contributed by atoms with E-state index in [1.807, 2.05) is 0 Å². The molecule has 6 nitrogen and oxygen atoms in total. The van der Waals surface area contributed by atoms with E-state index in [4.69, 9.17) is 4.52 Å². The summed E-state index contributed by atoms with van der Waals surface area (Å²) in [6.07, 6.45) is 0. The zero-order chi connectivity index (χ0) is 16.6. The van der Waals surface area contributed by atoms with Crippen LogP contribution in [0.25, 0.3) is 10.7 Å². The second-order valence-electron chi connectivity index (χ2n) is 4.75. The molecule has 0 spiro atoms. The van der Waals surface area contributed by atoms with Gasteiger partial charge in [-0.3, -0.25) is 4.72 Å². The number of nitrogens with zero attached hydrogens (tertiary/aromatic N) is 2. The van der Waals surface area contributed by atoms with Crippen molar-refractivity contribution in [2.45, 2.75) is 18.7 Å². The average molecular weight is 353 g/mol. The van der Waals surface area contributed by atoms with E-state index in [0.29, 0.717) is 21.5 Å². The number of para-hydroxylation sites is 1. The predicted molar refractivity (Wildman–Crippen MR) is 84.3 cm³/mol. The van der Waals surface area contributed by atoms with Crippen molar-refractivity contribution in [3.05, 3.63) is 46.9 Å². The van der Waals surface area contributed by atoms with Gasteiger partial charge in [-0.15, -0.1) is 11.3 Å². The van der Waals surface area contributed by atoms with Gasteiger partial charge in [0.15, 0.2) is 0 Å². The monoisotopic (exact) mass is 353 g/mol. The van der Waals surface area contributed by atoms with Crippen LogP contribution >= 0.6 is 11.3 Å². The van der Waals surface area contributed by atoms with Gasteiger partial charge in [0.1, 0.15) is 10.7 Å². The van der Waals surface area contributed by atoms with E-state index >= 15 is 0 Å². The maximum absolute atomic E-state index is 13.7. The van der Waals surface area contributed by atoms with Crippen LogP contribution in [0.4, 0.5) is 10.1 Å². The second-order valence-corrected chi connectivity index (χ2v) is 7.66. The highest BCUT2D eigenvalue weighted by Crippen LogP contribution is 2.33. The molecule has 0 radical (unpaired) electrons. The van der Waals surface area contributed by atoms with E-state index < -0.39 is 15.8 Å². The summed E-state index contributed by atoms with van der Waals surface area (Å²) in [5, 5.41) is 3.77. The summed E-state index contributed by atoms with van der Waals surface area (Å²) in [7, 11) is -3.91. The molecular weight excluding hydrogens is 341 g/mol. The standard InChI is InChI=1S/C14H12FN3O3S2/c1-8-13(7-12(22-8)14-16-9(2)21-17-14)23(19,20)18-11-6-4-3-5-10(11)15/h3-7,18H,1-2H3. The third-order valence-electron chi connectivity index (χ3n) is 3.03. The summed E-state index contributed by atoms with van der Waals surface area (Å²) in [5.74, 6) is 0.0702. The van der Waals surface area contributed by atoms with Gasteiger partial charge in [0, 0.05) is 11.8 Å². The molecule has 3 rings (SSSR count). The summed E-state index contributed by atoms with van der Waals surface area (Å²) in [6.45, 7) is 3.31. The summed E-state index contributed by atoms with van der Waals surface area (Å²) in [4.78, 5) is 5.24. The third-order valence-corrected chi connectivity index (χ3v) is 5.70. The van der Waals surface area contributed by atoms with Crippen LogP contribution in [0.1, 0.15) is 10.8 Å². The summed E-state index contributed by atoms with van der Waals surface area (Å²) in [6, 6.07) is 7.03. The Morgan fingerprint density at radius 1 is 1.26 bits per heavy atom. The molecule has 2 heterocycles. The lowest BCUT2D eigenvalue weighted by Gasteiger charge is -2.08. The maximum atomic E-state index is 13.7. The van der Waals surface area contributed by atoms with E-state index in [1.54, 1.807) is 19.9 Å². The largest absolute Gasteiger partial charge is 0.339 e. The molecule has 0 fully saturated rings. The first kappa shape index (κ1) is 15.6. The number of thiophene rings is 1. The lowest BCUT2D eigenvalue weighted by Crippen LogP contribution is -2.14. The molecule has 0 amide bonds. The van der Waals surface area contributed by atoms with E-state index in [1.165, 1.54) is 35.6 Å². The van der Waals surface area contributed by atoms with Gasteiger partial charge >= 0.3 is 0 Å². The molecule has 0 saturated carbocycles. The molecule has 0 bridgehead atoms. The molecule has 120 valence electrons. The van der Waals surface area contributed by atoms with Gasteiger partial charge in [0.2, 0.25) is 11.7 Å². The minimum Gasteiger partial charge on any atom is -0.339 e. The fraction of sp³-hybridized carbons (Fsp3) is 0.143. The Labute approximate surface area is 136 Å². The Hall–Kier alpha value is -2.26. The molecule has 0 saturated heterocycles. The number of aromatic nitrogens is 2. The number of nitrogens with one attached hydrogen (secondary N) is 1. The quantitative estimate of drug-likeness (QED) is 0.777. The average Bonchev–Trinajstić information content (AvgIpc) is 3.07. The van der Waals surface area contributed by atoms with Crippen molar-refractivity contribution in [2.24, 2.45) is 0 Å². The van der Waals surface area contributed by atoms with Crippen molar-refractivity contribution in [2.75, 3.05) is 4.72 Å². The molecule has 0 unspecified atom stereocenters. The first-order valence-electron chi connectivity index (χ1n) is 6.55. The molecule has 9 heteroatoms. The first-order valence-corrected chi connectivity index (χ1v) is 8.85. The fourth-order valence-electron chi connectivity index (χ4n) is 1.99. The highest BCUT2D eigenvalue weighted by Gasteiger charge is 2.23. The zero-order valence-electron chi connectivity index (χ0n) is 12.2. The molecule has 3 aromatic rings. The molecule has 0 aliphatic rings. The third kappa shape index (κ3) is 3.10. The summed E-state index contributed by atoms with van der Waals surface area (Å²) in [5.41, 5.74) is -0.102. The molecule has 2 aromatic heterocycles. The first-order chi connectivity index (χ1) is 10.9. The Kier molecular flexibility index (Phi) is 3.90. The van der Waals surface area contributed by atoms with E-state index in [0.717, 1.165) is 0 Å². The minimum absolute atomic E-state index is 0.0585. The van der Waals surface area contributed by atoms with Crippen LogP contribution in [0, 0.1) is 19.7 Å². The SMILES string of the molecule is Cc1nc(-c2cc(S(=O)(=O)Nc3ccccc3F)c(C)s2)no1. The molecule has 1 aromatic carbocycles. The van der Waals surface area contributed by atoms with Crippen LogP contribution in [0.15, 0.2) is 39.8 Å². The minimum atomic E-state index is -3.91. The van der Waals surface area contributed by atoms with Crippen LogP contribution in [-0.2, 0) is 10.0 Å². The number of halogens is 1. The molecular formula is C14H12FN3O3S2. The smallest absolute Gasteiger partial charge is 0.263 e. The van der Waals surface area contributed by atoms with Crippen molar-refractivity contribution >= 4 is 27.0 Å². The van der Waals surface area contributed by atoms with Gasteiger partial charge in [-0.25, -0.2) is 12.8 Å². The normalized spacial score (nSPS) is 11.6. The van der Waals surface area contributed by atoms with Crippen LogP contribution in [-0.4, -0.2) is 18.6 Å². The van der Waals surface area contributed by atoms with Crippen molar-refractivity contribution in [3.8, 4) is 10.7 Å². The van der Waals surface area contributed by atoms with Crippen LogP contribution in [0.2, 0.25) is 0 Å². The number of aryl methyl sites for hydroxylation is 2. The zero-order valence-corrected chi connectivity index (χ0v) is 13.8. The number of sulfonamides is 1. The number of benzene rings is 1. The predicted octanol–water partition coefficient (Wildman–Crippen LogP) is 3.35. The second kappa shape index (κ2) is 5.74. The van der Waals surface area contributed by atoms with Crippen LogP contribution in [0.5, 0.6) is 0 Å². The Balaban J connectivity index is 1.97. The van der Waals surface area contributed by atoms with Gasteiger partial charge < -0.3 is 4.52 Å². The van der Waals surface area contributed by atoms with Gasteiger partial charge in [0.25, 0.3) is 10.0 Å². The van der Waals surface area contributed by atoms with Crippen molar-refractivity contribution in [1.82, 2.24) is 10.1 Å². The fourth-order valence-corrected chi connectivity index (χ4v) is 4.57. The Morgan fingerprint density at radius 2 is 2.00 bits per heavy atom. The Morgan fingerprint density at radius 3 is 2.65 bits per heavy atom.